The summed E-state index contributed by atoms with van der Waals surface area (Å²) in [7, 11) is -3.54. The van der Waals surface area contributed by atoms with Gasteiger partial charge in [0.05, 0.1) is 5.75 Å². The van der Waals surface area contributed by atoms with Crippen LogP contribution < -0.4 is 15.8 Å². The molecule has 6 nitrogen and oxygen atoms in total. The summed E-state index contributed by atoms with van der Waals surface area (Å²) < 4.78 is 21.9. The Morgan fingerprint density at radius 3 is 2.35 bits per heavy atom. The fourth-order valence-electron chi connectivity index (χ4n) is 1.65. The van der Waals surface area contributed by atoms with E-state index in [1.165, 1.54) is 0 Å². The molecule has 0 spiro atoms. The van der Waals surface area contributed by atoms with E-state index in [9.17, 15) is 13.2 Å². The average molecular weight is 299 g/mol. The Kier molecular flexibility index (Phi) is 6.63. The van der Waals surface area contributed by atoms with Crippen molar-refractivity contribution in [3.63, 3.8) is 0 Å². The van der Waals surface area contributed by atoms with Gasteiger partial charge in [-0.15, -0.1) is 0 Å². The summed E-state index contributed by atoms with van der Waals surface area (Å²) in [5.41, 5.74) is 1.06. The monoisotopic (exact) mass is 299 g/mol. The van der Waals surface area contributed by atoms with Crippen molar-refractivity contribution in [2.75, 3.05) is 19.6 Å². The van der Waals surface area contributed by atoms with Crippen molar-refractivity contribution in [1.82, 2.24) is 10.6 Å². The van der Waals surface area contributed by atoms with Gasteiger partial charge in [0.2, 0.25) is 10.0 Å². The van der Waals surface area contributed by atoms with Crippen LogP contribution in [0, 0.1) is 0 Å². The maximum atomic E-state index is 11.8. The van der Waals surface area contributed by atoms with Crippen LogP contribution in [-0.2, 0) is 15.8 Å². The van der Waals surface area contributed by atoms with E-state index < -0.39 is 10.0 Å². The van der Waals surface area contributed by atoms with Crippen LogP contribution in [0.25, 0.3) is 0 Å². The number of nitrogens with one attached hydrogen (secondary N) is 2. The number of primary sulfonamides is 1. The predicted octanol–water partition coefficient (Wildman–Crippen LogP) is 0.205. The van der Waals surface area contributed by atoms with Gasteiger partial charge in [0, 0.05) is 18.7 Å². The Morgan fingerprint density at radius 1 is 1.15 bits per heavy atom. The molecule has 0 radical (unpaired) electrons. The summed E-state index contributed by atoms with van der Waals surface area (Å²) in [6.07, 6.45) is 1.06. The standard InChI is InChI=1S/C13H21N3O3S/c1-2-7-15-8-9-16-13(17)12-5-3-11(4-6-12)10-20(14,18)19/h3-6,15H,2,7-10H2,1H3,(H,16,17)(H2,14,18,19). The summed E-state index contributed by atoms with van der Waals surface area (Å²) in [5.74, 6) is -0.402. The molecule has 7 heteroatoms. The molecule has 0 aromatic heterocycles. The molecule has 0 bridgehead atoms. The molecule has 0 saturated heterocycles. The Labute approximate surface area is 119 Å². The molecule has 0 fully saturated rings. The van der Waals surface area contributed by atoms with Gasteiger partial charge >= 0.3 is 0 Å². The fraction of sp³-hybridized carbons (Fsp3) is 0.462. The van der Waals surface area contributed by atoms with E-state index in [1.54, 1.807) is 24.3 Å². The molecule has 0 aliphatic rings. The molecule has 20 heavy (non-hydrogen) atoms. The van der Waals surface area contributed by atoms with Gasteiger partial charge in [0.1, 0.15) is 0 Å². The quantitative estimate of drug-likeness (QED) is 0.597. The van der Waals surface area contributed by atoms with Crippen LogP contribution in [0.4, 0.5) is 0 Å². The molecule has 112 valence electrons. The molecule has 0 heterocycles. The third kappa shape index (κ3) is 6.65. The molecular formula is C13H21N3O3S. The molecule has 0 aliphatic carbocycles. The Bertz CT molecular complexity index is 526. The number of rotatable bonds is 8. The van der Waals surface area contributed by atoms with Crippen molar-refractivity contribution in [1.29, 1.82) is 0 Å². The molecule has 0 atom stereocenters. The molecule has 1 aromatic rings. The topological polar surface area (TPSA) is 101 Å². The zero-order valence-electron chi connectivity index (χ0n) is 11.6. The van der Waals surface area contributed by atoms with Gasteiger partial charge in [-0.25, -0.2) is 13.6 Å². The van der Waals surface area contributed by atoms with Crippen molar-refractivity contribution in [3.05, 3.63) is 35.4 Å². The fourth-order valence-corrected chi connectivity index (χ4v) is 2.31. The van der Waals surface area contributed by atoms with E-state index in [0.29, 0.717) is 17.7 Å². The normalized spacial score (nSPS) is 11.3. The summed E-state index contributed by atoms with van der Waals surface area (Å²) in [6.45, 7) is 4.29. The van der Waals surface area contributed by atoms with Crippen LogP contribution in [0.5, 0.6) is 0 Å². The summed E-state index contributed by atoms with van der Waals surface area (Å²) >= 11 is 0. The summed E-state index contributed by atoms with van der Waals surface area (Å²) in [5, 5.41) is 10.9. The maximum Gasteiger partial charge on any atom is 0.251 e. The Hall–Kier alpha value is -1.44. The Morgan fingerprint density at radius 2 is 1.80 bits per heavy atom. The zero-order chi connectivity index (χ0) is 15.0. The third-order valence-electron chi connectivity index (χ3n) is 2.60. The highest BCUT2D eigenvalue weighted by molar-refractivity contribution is 7.88. The lowest BCUT2D eigenvalue weighted by atomic mass is 10.1. The van der Waals surface area contributed by atoms with Gasteiger partial charge in [-0.05, 0) is 30.7 Å². The van der Waals surface area contributed by atoms with Gasteiger partial charge in [0.15, 0.2) is 0 Å². The van der Waals surface area contributed by atoms with E-state index in [0.717, 1.165) is 19.5 Å². The highest BCUT2D eigenvalue weighted by Crippen LogP contribution is 2.06. The Balaban J connectivity index is 2.45. The zero-order valence-corrected chi connectivity index (χ0v) is 12.4. The number of nitrogens with two attached hydrogens (primary N) is 1. The highest BCUT2D eigenvalue weighted by atomic mass is 32.2. The van der Waals surface area contributed by atoms with Crippen molar-refractivity contribution in [3.8, 4) is 0 Å². The van der Waals surface area contributed by atoms with Gasteiger partial charge in [-0.3, -0.25) is 4.79 Å². The van der Waals surface area contributed by atoms with Crippen molar-refractivity contribution < 1.29 is 13.2 Å². The molecule has 0 unspecified atom stereocenters. The third-order valence-corrected chi connectivity index (χ3v) is 3.33. The minimum Gasteiger partial charge on any atom is -0.351 e. The summed E-state index contributed by atoms with van der Waals surface area (Å²) in [4.78, 5) is 11.8. The van der Waals surface area contributed by atoms with Crippen LogP contribution in [0.3, 0.4) is 0 Å². The van der Waals surface area contributed by atoms with E-state index in [2.05, 4.69) is 17.6 Å². The number of hydrogen-bond acceptors (Lipinski definition) is 4. The van der Waals surface area contributed by atoms with Gasteiger partial charge in [-0.2, -0.15) is 0 Å². The van der Waals surface area contributed by atoms with Gasteiger partial charge in [-0.1, -0.05) is 19.1 Å². The number of benzene rings is 1. The van der Waals surface area contributed by atoms with Crippen LogP contribution in [-0.4, -0.2) is 34.0 Å². The van der Waals surface area contributed by atoms with E-state index in [1.807, 2.05) is 0 Å². The van der Waals surface area contributed by atoms with Crippen LogP contribution >= 0.6 is 0 Å². The smallest absolute Gasteiger partial charge is 0.251 e. The summed E-state index contributed by atoms with van der Waals surface area (Å²) in [6, 6.07) is 6.37. The number of carbonyl (C=O) groups excluding carboxylic acids is 1. The van der Waals surface area contributed by atoms with Crippen molar-refractivity contribution in [2.24, 2.45) is 5.14 Å². The highest BCUT2D eigenvalue weighted by Gasteiger charge is 2.07. The molecule has 1 amide bonds. The number of hydrogen-bond donors (Lipinski definition) is 3. The first-order chi connectivity index (χ1) is 9.42. The van der Waals surface area contributed by atoms with Crippen LogP contribution in [0.15, 0.2) is 24.3 Å². The van der Waals surface area contributed by atoms with Crippen LogP contribution in [0.2, 0.25) is 0 Å². The first-order valence-electron chi connectivity index (χ1n) is 6.50. The second-order valence-corrected chi connectivity index (χ2v) is 6.12. The van der Waals surface area contributed by atoms with E-state index >= 15 is 0 Å². The van der Waals surface area contributed by atoms with Crippen molar-refractivity contribution in [2.45, 2.75) is 19.1 Å². The van der Waals surface area contributed by atoms with Crippen LogP contribution in [0.1, 0.15) is 29.3 Å². The average Bonchev–Trinajstić information content (AvgIpc) is 2.37. The minimum absolute atomic E-state index is 0.176. The molecule has 0 aliphatic heterocycles. The van der Waals surface area contributed by atoms with E-state index in [4.69, 9.17) is 5.14 Å². The van der Waals surface area contributed by atoms with Gasteiger partial charge in [0.25, 0.3) is 5.91 Å². The van der Waals surface area contributed by atoms with Gasteiger partial charge < -0.3 is 10.6 Å². The number of carbonyl (C=O) groups is 1. The molecule has 4 N–H and O–H groups in total. The number of amides is 1. The second kappa shape index (κ2) is 7.98. The molecular weight excluding hydrogens is 278 g/mol. The first kappa shape index (κ1) is 16.6. The first-order valence-corrected chi connectivity index (χ1v) is 8.22. The number of sulfonamides is 1. The molecule has 1 aromatic carbocycles. The largest absolute Gasteiger partial charge is 0.351 e. The minimum atomic E-state index is -3.54. The molecule has 0 saturated carbocycles. The second-order valence-electron chi connectivity index (χ2n) is 4.51. The maximum absolute atomic E-state index is 11.8. The van der Waals surface area contributed by atoms with Crippen molar-refractivity contribution >= 4 is 15.9 Å². The molecule has 1 rings (SSSR count). The SMILES string of the molecule is CCCNCCNC(=O)c1ccc(CS(N)(=O)=O)cc1. The lowest BCUT2D eigenvalue weighted by molar-refractivity contribution is 0.0954. The lowest BCUT2D eigenvalue weighted by Gasteiger charge is -2.07. The lowest BCUT2D eigenvalue weighted by Crippen LogP contribution is -2.32. The van der Waals surface area contributed by atoms with E-state index in [-0.39, 0.29) is 11.7 Å². The predicted molar refractivity (Wildman–Crippen MR) is 78.7 cm³/mol.